The molecular formula is C30H40FN3O3. The number of pyridine rings is 1. The number of fused-ring (bicyclic) bond motifs is 1. The molecule has 3 aromatic rings. The van der Waals surface area contributed by atoms with Crippen molar-refractivity contribution in [2.45, 2.75) is 72.0 Å². The van der Waals surface area contributed by atoms with Gasteiger partial charge in [-0.25, -0.2) is 4.39 Å². The van der Waals surface area contributed by atoms with Crippen LogP contribution in [0.1, 0.15) is 72.9 Å². The van der Waals surface area contributed by atoms with E-state index < -0.39 is 6.17 Å². The summed E-state index contributed by atoms with van der Waals surface area (Å²) in [6.45, 7) is 10.0. The molecule has 1 aliphatic rings. The Labute approximate surface area is 218 Å². The molecular weight excluding hydrogens is 469 g/mol. The predicted molar refractivity (Wildman–Crippen MR) is 147 cm³/mol. The summed E-state index contributed by atoms with van der Waals surface area (Å²) in [7, 11) is 1.55. The number of aromatic nitrogens is 2. The van der Waals surface area contributed by atoms with Crippen molar-refractivity contribution in [3.05, 3.63) is 63.2 Å². The number of H-pyrrole nitrogens is 1. The summed E-state index contributed by atoms with van der Waals surface area (Å²) in [5, 5.41) is 0.969. The van der Waals surface area contributed by atoms with Gasteiger partial charge in [-0.1, -0.05) is 25.1 Å². The Morgan fingerprint density at radius 1 is 1.22 bits per heavy atom. The number of rotatable bonds is 10. The number of Topliss-reactive ketones (excluding diaryl/α,β-unsaturated/α-hetero) is 1. The molecule has 0 aliphatic carbocycles. The first-order valence-electron chi connectivity index (χ1n) is 13.5. The first kappa shape index (κ1) is 27.1. The molecule has 6 nitrogen and oxygen atoms in total. The number of nitrogens with zero attached hydrogens (tertiary/aromatic N) is 2. The Balaban J connectivity index is 1.62. The molecule has 1 unspecified atom stereocenters. The Kier molecular flexibility index (Phi) is 8.53. The summed E-state index contributed by atoms with van der Waals surface area (Å²) in [6, 6.07) is 10.2. The molecule has 4 rings (SSSR count). The number of hydrogen-bond donors (Lipinski definition) is 1. The highest BCUT2D eigenvalue weighted by molar-refractivity contribution is 6.09. The van der Waals surface area contributed by atoms with Gasteiger partial charge in [0.2, 0.25) is 0 Å². The number of ketones is 1. The largest absolute Gasteiger partial charge is 0.496 e. The average molecular weight is 510 g/mol. The first-order valence-corrected chi connectivity index (χ1v) is 13.5. The van der Waals surface area contributed by atoms with Crippen molar-refractivity contribution in [2.75, 3.05) is 26.7 Å². The fourth-order valence-corrected chi connectivity index (χ4v) is 6.24. The molecule has 1 aromatic carbocycles. The molecule has 1 aliphatic heterocycles. The molecule has 1 N–H and O–H groups in total. The molecule has 200 valence electrons. The summed E-state index contributed by atoms with van der Waals surface area (Å²) in [5.41, 5.74) is 3.85. The lowest BCUT2D eigenvalue weighted by Gasteiger charge is -2.37. The van der Waals surface area contributed by atoms with Gasteiger partial charge in [-0.3, -0.25) is 9.59 Å². The highest BCUT2D eigenvalue weighted by Gasteiger charge is 2.31. The Morgan fingerprint density at radius 2 is 1.92 bits per heavy atom. The van der Waals surface area contributed by atoms with E-state index in [1.165, 1.54) is 0 Å². The van der Waals surface area contributed by atoms with Crippen molar-refractivity contribution >= 4 is 16.7 Å². The van der Waals surface area contributed by atoms with Crippen LogP contribution in [-0.4, -0.2) is 53.1 Å². The van der Waals surface area contributed by atoms with Crippen molar-refractivity contribution in [3.63, 3.8) is 0 Å². The number of halogens is 1. The maximum absolute atomic E-state index is 13.7. The van der Waals surface area contributed by atoms with Crippen LogP contribution in [0, 0.1) is 19.8 Å². The van der Waals surface area contributed by atoms with E-state index in [0.717, 1.165) is 60.2 Å². The number of para-hydroxylation sites is 1. The number of benzene rings is 1. The molecule has 1 fully saturated rings. The molecule has 7 heteroatoms. The fourth-order valence-electron chi connectivity index (χ4n) is 6.24. The summed E-state index contributed by atoms with van der Waals surface area (Å²) in [5.74, 6) is 1.04. The highest BCUT2D eigenvalue weighted by Crippen LogP contribution is 2.38. The molecule has 0 spiro atoms. The van der Waals surface area contributed by atoms with E-state index in [2.05, 4.69) is 34.4 Å². The van der Waals surface area contributed by atoms with Crippen LogP contribution >= 0.6 is 0 Å². The van der Waals surface area contributed by atoms with Crippen molar-refractivity contribution in [2.24, 2.45) is 5.92 Å². The van der Waals surface area contributed by atoms with Crippen LogP contribution in [-0.2, 0) is 6.42 Å². The van der Waals surface area contributed by atoms with Crippen LogP contribution in [0.15, 0.2) is 35.1 Å². The number of hydrogen-bond acceptors (Lipinski definition) is 4. The van der Waals surface area contributed by atoms with Gasteiger partial charge in [0.1, 0.15) is 11.9 Å². The normalized spacial score (nSPS) is 16.7. The van der Waals surface area contributed by atoms with Gasteiger partial charge in [0.25, 0.3) is 5.56 Å². The summed E-state index contributed by atoms with van der Waals surface area (Å²) >= 11 is 0. The van der Waals surface area contributed by atoms with Crippen molar-refractivity contribution < 1.29 is 13.9 Å². The zero-order valence-electron chi connectivity index (χ0n) is 22.8. The smallest absolute Gasteiger partial charge is 0.255 e. The van der Waals surface area contributed by atoms with Crippen LogP contribution in [0.3, 0.4) is 0 Å². The summed E-state index contributed by atoms with van der Waals surface area (Å²) < 4.78 is 21.3. The topological polar surface area (TPSA) is 67.3 Å². The van der Waals surface area contributed by atoms with Crippen LogP contribution in [0.25, 0.3) is 10.9 Å². The minimum Gasteiger partial charge on any atom is -0.496 e. The molecule has 1 saturated heterocycles. The number of likely N-dealkylation sites (tertiary alicyclic amines) is 1. The lowest BCUT2D eigenvalue weighted by molar-refractivity contribution is 0.0982. The molecule has 0 saturated carbocycles. The van der Waals surface area contributed by atoms with Gasteiger partial charge in [0.05, 0.1) is 12.7 Å². The number of nitrogens with one attached hydrogen (secondary N) is 1. The molecule has 0 bridgehead atoms. The second kappa shape index (κ2) is 11.6. The third kappa shape index (κ3) is 5.66. The maximum Gasteiger partial charge on any atom is 0.255 e. The summed E-state index contributed by atoms with van der Waals surface area (Å²) in [4.78, 5) is 31.3. The van der Waals surface area contributed by atoms with Crippen LogP contribution in [0.4, 0.5) is 4.39 Å². The third-order valence-electron chi connectivity index (χ3n) is 7.92. The van der Waals surface area contributed by atoms with E-state index >= 15 is 0 Å². The fraction of sp³-hybridized carbons (Fsp3) is 0.533. The van der Waals surface area contributed by atoms with Gasteiger partial charge in [0, 0.05) is 46.9 Å². The van der Waals surface area contributed by atoms with E-state index in [0.29, 0.717) is 30.2 Å². The van der Waals surface area contributed by atoms with Gasteiger partial charge in [-0.15, -0.1) is 0 Å². The molecule has 3 heterocycles. The van der Waals surface area contributed by atoms with Crippen LogP contribution in [0.5, 0.6) is 5.75 Å². The Hall–Kier alpha value is -2.93. The van der Waals surface area contributed by atoms with Gasteiger partial charge < -0.3 is 19.2 Å². The second-order valence-corrected chi connectivity index (χ2v) is 10.5. The number of methoxy groups -OCH3 is 1. The number of ether oxygens (including phenoxy) is 1. The van der Waals surface area contributed by atoms with Gasteiger partial charge in [0.15, 0.2) is 5.78 Å². The van der Waals surface area contributed by atoms with Crippen LogP contribution in [0.2, 0.25) is 0 Å². The predicted octanol–water partition coefficient (Wildman–Crippen LogP) is 5.79. The molecule has 0 amide bonds. The number of alkyl halides is 1. The zero-order chi connectivity index (χ0) is 26.7. The average Bonchev–Trinajstić information content (AvgIpc) is 3.16. The molecule has 2 atom stereocenters. The molecule has 0 radical (unpaired) electrons. The van der Waals surface area contributed by atoms with Gasteiger partial charge >= 0.3 is 0 Å². The number of carbonyl (C=O) groups is 1. The minimum atomic E-state index is -0.807. The van der Waals surface area contributed by atoms with E-state index in [1.807, 2.05) is 25.1 Å². The summed E-state index contributed by atoms with van der Waals surface area (Å²) in [6.07, 6.45) is 2.76. The zero-order valence-corrected chi connectivity index (χ0v) is 22.8. The van der Waals surface area contributed by atoms with E-state index in [1.54, 1.807) is 20.1 Å². The standard InChI is InChI=1S/C30H40FN3O3/c1-6-25(22-13-15-33(16-14-22)18-19(2)31)34-21(4)29(23-9-7-8-10-26(23)34)27(35)12-11-24-28(37-5)17-20(3)32-30(24)36/h7-10,17,19,22,25H,6,11-16,18H2,1-5H3,(H,32,36)/t19?,25-/m1/s1. The lowest BCUT2D eigenvalue weighted by atomic mass is 9.87. The van der Waals surface area contributed by atoms with Crippen LogP contribution < -0.4 is 10.3 Å². The highest BCUT2D eigenvalue weighted by atomic mass is 19.1. The van der Waals surface area contributed by atoms with Gasteiger partial charge in [-0.2, -0.15) is 0 Å². The third-order valence-corrected chi connectivity index (χ3v) is 7.92. The monoisotopic (exact) mass is 509 g/mol. The number of aromatic amines is 1. The lowest BCUT2D eigenvalue weighted by Crippen LogP contribution is -2.39. The van der Waals surface area contributed by atoms with Crippen molar-refractivity contribution in [3.8, 4) is 5.75 Å². The van der Waals surface area contributed by atoms with E-state index in [4.69, 9.17) is 4.74 Å². The van der Waals surface area contributed by atoms with Crippen molar-refractivity contribution in [1.82, 2.24) is 14.5 Å². The molecule has 37 heavy (non-hydrogen) atoms. The second-order valence-electron chi connectivity index (χ2n) is 10.5. The van der Waals surface area contributed by atoms with Gasteiger partial charge in [-0.05, 0) is 77.6 Å². The first-order chi connectivity index (χ1) is 17.7. The number of aryl methyl sites for hydroxylation is 1. The quantitative estimate of drug-likeness (QED) is 0.351. The van der Waals surface area contributed by atoms with Crippen molar-refractivity contribution in [1.29, 1.82) is 0 Å². The van der Waals surface area contributed by atoms with E-state index in [9.17, 15) is 14.0 Å². The Bertz CT molecular complexity index is 1300. The number of carbonyl (C=O) groups excluding carboxylic acids is 1. The van der Waals surface area contributed by atoms with E-state index in [-0.39, 0.29) is 23.8 Å². The maximum atomic E-state index is 13.7. The SMILES string of the molecule is CC[C@H](C1CCN(CC(C)F)CC1)n1c(C)c(C(=O)CCc2c(OC)cc(C)[nH]c2=O)c2ccccc21. The molecule has 2 aromatic heterocycles. The Morgan fingerprint density at radius 3 is 2.57 bits per heavy atom. The minimum absolute atomic E-state index is 0.0380. The number of piperidine rings is 1.